The molecule has 0 spiro atoms. The number of nitrogens with zero attached hydrogens (tertiary/aromatic N) is 4. The van der Waals surface area contributed by atoms with E-state index in [2.05, 4.69) is 20.1 Å². The first-order chi connectivity index (χ1) is 15.0. The molecule has 0 aromatic heterocycles. The number of nitrogens with one attached hydrogen (secondary N) is 1. The Balaban J connectivity index is 1.51. The van der Waals surface area contributed by atoms with Crippen LogP contribution in [0.3, 0.4) is 0 Å². The van der Waals surface area contributed by atoms with Gasteiger partial charge in [-0.15, -0.1) is 0 Å². The lowest BCUT2D eigenvalue weighted by Crippen LogP contribution is -2.52. The van der Waals surface area contributed by atoms with E-state index < -0.39 is 0 Å². The fourth-order valence-electron chi connectivity index (χ4n) is 3.42. The number of guanidine groups is 1. The number of amides is 1. The lowest BCUT2D eigenvalue weighted by atomic mass is 10.2. The number of para-hydroxylation sites is 2. The number of carbonyl (C=O) groups excluding carboxylic acids is 1. The summed E-state index contributed by atoms with van der Waals surface area (Å²) in [4.78, 5) is 22.1. The number of aromatic hydroxyl groups is 1. The molecule has 1 amide bonds. The van der Waals surface area contributed by atoms with Gasteiger partial charge in [-0.2, -0.15) is 0 Å². The summed E-state index contributed by atoms with van der Waals surface area (Å²) in [5.41, 5.74) is 1.92. The molecule has 1 saturated heterocycles. The number of likely N-dealkylation sites (N-methyl/N-ethyl adjacent to an activating group) is 1. The number of phenols is 1. The molecule has 0 saturated carbocycles. The molecule has 0 bridgehead atoms. The summed E-state index contributed by atoms with van der Waals surface area (Å²) >= 11 is 0. The van der Waals surface area contributed by atoms with Crippen molar-refractivity contribution in [2.75, 3.05) is 58.8 Å². The van der Waals surface area contributed by atoms with Gasteiger partial charge in [0, 0.05) is 53.9 Å². The molecule has 0 atom stereocenters. The van der Waals surface area contributed by atoms with Gasteiger partial charge in [0.2, 0.25) is 0 Å². The third-order valence-corrected chi connectivity index (χ3v) is 5.22. The zero-order valence-corrected chi connectivity index (χ0v) is 18.4. The Morgan fingerprint density at radius 3 is 2.55 bits per heavy atom. The summed E-state index contributed by atoms with van der Waals surface area (Å²) in [6, 6.07) is 15.1. The van der Waals surface area contributed by atoms with Gasteiger partial charge >= 0.3 is 0 Å². The Morgan fingerprint density at radius 1 is 1.13 bits per heavy atom. The first-order valence-electron chi connectivity index (χ1n) is 10.4. The van der Waals surface area contributed by atoms with Crippen LogP contribution in [0, 0.1) is 0 Å². The van der Waals surface area contributed by atoms with Gasteiger partial charge in [0.05, 0.1) is 5.69 Å². The molecular formula is C23H31N5O3. The SMILES string of the molecule is CN=C(NCc1cccc(OCC(=O)N(C)C)c1)N1CCN(c2ccccc2O)CC1. The van der Waals surface area contributed by atoms with Crippen LogP contribution in [0.15, 0.2) is 53.5 Å². The van der Waals surface area contributed by atoms with Crippen LogP contribution in [-0.4, -0.2) is 80.7 Å². The smallest absolute Gasteiger partial charge is 0.259 e. The van der Waals surface area contributed by atoms with E-state index in [4.69, 9.17) is 4.74 Å². The summed E-state index contributed by atoms with van der Waals surface area (Å²) in [7, 11) is 5.20. The number of piperazine rings is 1. The maximum Gasteiger partial charge on any atom is 0.259 e. The predicted molar refractivity (Wildman–Crippen MR) is 123 cm³/mol. The zero-order valence-electron chi connectivity index (χ0n) is 18.4. The van der Waals surface area contributed by atoms with Crippen molar-refractivity contribution in [2.45, 2.75) is 6.54 Å². The summed E-state index contributed by atoms with van der Waals surface area (Å²) in [5, 5.41) is 13.5. The quantitative estimate of drug-likeness (QED) is 0.542. The Morgan fingerprint density at radius 2 is 1.87 bits per heavy atom. The molecule has 0 radical (unpaired) electrons. The second-order valence-electron chi connectivity index (χ2n) is 7.59. The highest BCUT2D eigenvalue weighted by molar-refractivity contribution is 5.80. The lowest BCUT2D eigenvalue weighted by molar-refractivity contribution is -0.130. The predicted octanol–water partition coefficient (Wildman–Crippen LogP) is 1.76. The highest BCUT2D eigenvalue weighted by Crippen LogP contribution is 2.27. The second kappa shape index (κ2) is 10.6. The van der Waals surface area contributed by atoms with E-state index in [0.29, 0.717) is 18.0 Å². The van der Waals surface area contributed by atoms with Crippen molar-refractivity contribution in [3.8, 4) is 11.5 Å². The summed E-state index contributed by atoms with van der Waals surface area (Å²) in [6.45, 7) is 3.86. The summed E-state index contributed by atoms with van der Waals surface area (Å²) in [5.74, 6) is 1.74. The highest BCUT2D eigenvalue weighted by atomic mass is 16.5. The van der Waals surface area contributed by atoms with Crippen molar-refractivity contribution >= 4 is 17.6 Å². The molecule has 3 rings (SSSR count). The number of aliphatic imine (C=N–C) groups is 1. The van der Waals surface area contributed by atoms with Crippen molar-refractivity contribution in [3.63, 3.8) is 0 Å². The van der Waals surface area contributed by atoms with Crippen LogP contribution in [-0.2, 0) is 11.3 Å². The highest BCUT2D eigenvalue weighted by Gasteiger charge is 2.21. The van der Waals surface area contributed by atoms with Gasteiger partial charge in [-0.05, 0) is 29.8 Å². The van der Waals surface area contributed by atoms with Crippen LogP contribution in [0.5, 0.6) is 11.5 Å². The van der Waals surface area contributed by atoms with Crippen LogP contribution in [0.25, 0.3) is 0 Å². The van der Waals surface area contributed by atoms with E-state index in [1.54, 1.807) is 27.2 Å². The number of hydrogen-bond donors (Lipinski definition) is 2. The number of rotatable bonds is 6. The average Bonchev–Trinajstić information content (AvgIpc) is 2.79. The molecule has 2 aromatic carbocycles. The number of phenolic OH excluding ortho intramolecular Hbond substituents is 1. The molecule has 8 heteroatoms. The van der Waals surface area contributed by atoms with Gasteiger partial charge in [-0.1, -0.05) is 24.3 Å². The molecule has 0 aliphatic carbocycles. The van der Waals surface area contributed by atoms with Gasteiger partial charge in [0.15, 0.2) is 12.6 Å². The summed E-state index contributed by atoms with van der Waals surface area (Å²) in [6.07, 6.45) is 0. The normalized spacial score (nSPS) is 14.4. The second-order valence-corrected chi connectivity index (χ2v) is 7.59. The molecule has 0 unspecified atom stereocenters. The molecular weight excluding hydrogens is 394 g/mol. The molecule has 31 heavy (non-hydrogen) atoms. The molecule has 1 aliphatic rings. The zero-order chi connectivity index (χ0) is 22.2. The van der Waals surface area contributed by atoms with Crippen LogP contribution in [0.2, 0.25) is 0 Å². The first-order valence-corrected chi connectivity index (χ1v) is 10.4. The van der Waals surface area contributed by atoms with Crippen molar-refractivity contribution in [1.82, 2.24) is 15.1 Å². The van der Waals surface area contributed by atoms with Crippen LogP contribution in [0.1, 0.15) is 5.56 Å². The molecule has 1 heterocycles. The van der Waals surface area contributed by atoms with Gasteiger partial charge in [0.25, 0.3) is 5.91 Å². The van der Waals surface area contributed by atoms with Crippen molar-refractivity contribution in [3.05, 3.63) is 54.1 Å². The number of anilines is 1. The maximum absolute atomic E-state index is 11.7. The van der Waals surface area contributed by atoms with Gasteiger partial charge in [0.1, 0.15) is 11.5 Å². The molecule has 1 fully saturated rings. The van der Waals surface area contributed by atoms with E-state index in [0.717, 1.165) is 43.4 Å². The molecule has 8 nitrogen and oxygen atoms in total. The van der Waals surface area contributed by atoms with Crippen molar-refractivity contribution in [2.24, 2.45) is 4.99 Å². The Labute approximate surface area is 183 Å². The Bertz CT molecular complexity index is 908. The summed E-state index contributed by atoms with van der Waals surface area (Å²) < 4.78 is 5.60. The minimum atomic E-state index is -0.0769. The number of benzene rings is 2. The van der Waals surface area contributed by atoms with E-state index in [1.165, 1.54) is 4.90 Å². The van der Waals surface area contributed by atoms with Crippen LogP contribution < -0.4 is 15.0 Å². The van der Waals surface area contributed by atoms with Crippen LogP contribution >= 0.6 is 0 Å². The minimum absolute atomic E-state index is 0.0206. The molecule has 2 N–H and O–H groups in total. The fraction of sp³-hybridized carbons (Fsp3) is 0.391. The topological polar surface area (TPSA) is 80.6 Å². The first kappa shape index (κ1) is 22.3. The maximum atomic E-state index is 11.7. The van der Waals surface area contributed by atoms with Gasteiger partial charge in [-0.3, -0.25) is 9.79 Å². The Hall–Kier alpha value is -3.42. The van der Waals surface area contributed by atoms with E-state index >= 15 is 0 Å². The van der Waals surface area contributed by atoms with E-state index in [1.807, 2.05) is 42.5 Å². The fourth-order valence-corrected chi connectivity index (χ4v) is 3.42. The van der Waals surface area contributed by atoms with Gasteiger partial charge in [-0.25, -0.2) is 0 Å². The molecule has 2 aromatic rings. The third-order valence-electron chi connectivity index (χ3n) is 5.22. The average molecular weight is 426 g/mol. The minimum Gasteiger partial charge on any atom is -0.506 e. The standard InChI is InChI=1S/C23H31N5O3/c1-24-23(28-13-11-27(12-14-28)20-9-4-5-10-21(20)29)25-16-18-7-6-8-19(15-18)31-17-22(30)26(2)3/h4-10,15,29H,11-14,16-17H2,1-3H3,(H,24,25). The third kappa shape index (κ3) is 6.04. The van der Waals surface area contributed by atoms with Crippen LogP contribution in [0.4, 0.5) is 5.69 Å². The number of ether oxygens (including phenoxy) is 1. The van der Waals surface area contributed by atoms with Gasteiger partial charge < -0.3 is 29.9 Å². The largest absolute Gasteiger partial charge is 0.506 e. The number of carbonyl (C=O) groups is 1. The lowest BCUT2D eigenvalue weighted by Gasteiger charge is -2.37. The molecule has 166 valence electrons. The monoisotopic (exact) mass is 425 g/mol. The number of hydrogen-bond acceptors (Lipinski definition) is 5. The molecule has 1 aliphatic heterocycles. The Kier molecular flexibility index (Phi) is 7.59. The van der Waals surface area contributed by atoms with Crippen molar-refractivity contribution in [1.29, 1.82) is 0 Å². The van der Waals surface area contributed by atoms with E-state index in [-0.39, 0.29) is 12.5 Å². The van der Waals surface area contributed by atoms with E-state index in [9.17, 15) is 9.90 Å². The van der Waals surface area contributed by atoms with Crippen molar-refractivity contribution < 1.29 is 14.6 Å².